The molecule has 230 valence electrons. The summed E-state index contributed by atoms with van der Waals surface area (Å²) in [5.41, 5.74) is -2.14. The fourth-order valence-electron chi connectivity index (χ4n) is 8.05. The largest absolute Gasteiger partial charge is 0.473 e. The molecule has 3 heterocycles. The molecule has 2 aliphatic carbocycles. The van der Waals surface area contributed by atoms with Gasteiger partial charge in [0, 0.05) is 19.0 Å². The first-order valence-electron chi connectivity index (χ1n) is 14.6. The van der Waals surface area contributed by atoms with Crippen LogP contribution in [-0.2, 0) is 19.1 Å². The summed E-state index contributed by atoms with van der Waals surface area (Å²) in [4.78, 5) is 56.9. The van der Waals surface area contributed by atoms with Gasteiger partial charge in [-0.15, -0.1) is 0 Å². The Hall–Kier alpha value is -3.95. The standard InChI is InChI=1S/C30H35F2N5O6/c1-29(2,3)24(35-28(41)42-4)26(39)36-12-18-14-7-17(19(32)8-14)22(18)23(36)25(38)37-13-30(10-16(37)11-33)27(40)34-20-6-5-15(31)9-21(20)43-30/h5-6,9,14,16-19,22-24H,7-8,10,12-13H2,1-4H3,(H,34,40)(H,35,41)/t14-,16-,17+,18+,19+,22-,23-,24+,30+/m0/s1. The van der Waals surface area contributed by atoms with Gasteiger partial charge in [-0.2, -0.15) is 5.26 Å². The second kappa shape index (κ2) is 10.1. The van der Waals surface area contributed by atoms with Gasteiger partial charge in [-0.1, -0.05) is 20.8 Å². The zero-order valence-corrected chi connectivity index (χ0v) is 24.4. The van der Waals surface area contributed by atoms with Crippen LogP contribution in [0.3, 0.4) is 0 Å². The van der Waals surface area contributed by atoms with E-state index in [2.05, 4.69) is 16.7 Å². The van der Waals surface area contributed by atoms with Gasteiger partial charge in [-0.05, 0) is 54.1 Å². The van der Waals surface area contributed by atoms with E-state index in [9.17, 15) is 28.8 Å². The van der Waals surface area contributed by atoms with E-state index in [1.807, 2.05) is 0 Å². The second-order valence-electron chi connectivity index (χ2n) is 13.5. The molecule has 13 heteroatoms. The highest BCUT2D eigenvalue weighted by Crippen LogP contribution is 2.59. The first-order valence-corrected chi connectivity index (χ1v) is 14.6. The Balaban J connectivity index is 1.35. The maximum atomic E-state index is 15.2. The maximum Gasteiger partial charge on any atom is 0.407 e. The van der Waals surface area contributed by atoms with Gasteiger partial charge >= 0.3 is 6.09 Å². The monoisotopic (exact) mass is 599 g/mol. The molecule has 6 rings (SSSR count). The highest BCUT2D eigenvalue weighted by atomic mass is 19.1. The number of hydrogen-bond acceptors (Lipinski definition) is 7. The Morgan fingerprint density at radius 1 is 1.23 bits per heavy atom. The predicted molar refractivity (Wildman–Crippen MR) is 146 cm³/mol. The van der Waals surface area contributed by atoms with Gasteiger partial charge in [0.25, 0.3) is 5.91 Å². The lowest BCUT2D eigenvalue weighted by Crippen LogP contribution is -2.60. The van der Waals surface area contributed by atoms with E-state index < -0.39 is 76.8 Å². The van der Waals surface area contributed by atoms with Crippen LogP contribution in [0.25, 0.3) is 0 Å². The summed E-state index contributed by atoms with van der Waals surface area (Å²) in [6.07, 6.45) is -1.10. The topological polar surface area (TPSA) is 141 Å². The number of methoxy groups -OCH3 is 1. The number of amides is 4. The number of ether oxygens (including phenoxy) is 2. The van der Waals surface area contributed by atoms with Crippen LogP contribution in [0.4, 0.5) is 19.3 Å². The first-order chi connectivity index (χ1) is 20.3. The van der Waals surface area contributed by atoms with Crippen molar-refractivity contribution in [2.24, 2.45) is 29.1 Å². The van der Waals surface area contributed by atoms with E-state index in [4.69, 9.17) is 9.47 Å². The van der Waals surface area contributed by atoms with Crippen molar-refractivity contribution in [2.75, 3.05) is 25.5 Å². The fourth-order valence-corrected chi connectivity index (χ4v) is 8.05. The number of nitriles is 1. The third-order valence-electron chi connectivity index (χ3n) is 10.0. The van der Waals surface area contributed by atoms with Gasteiger partial charge in [-0.25, -0.2) is 13.6 Å². The number of anilines is 1. The molecule has 0 unspecified atom stereocenters. The highest BCUT2D eigenvalue weighted by molar-refractivity contribution is 6.02. The molecule has 4 fully saturated rings. The van der Waals surface area contributed by atoms with Crippen molar-refractivity contribution < 1.29 is 37.4 Å². The van der Waals surface area contributed by atoms with Crippen molar-refractivity contribution in [3.05, 3.63) is 24.0 Å². The van der Waals surface area contributed by atoms with Crippen LogP contribution in [0.15, 0.2) is 18.2 Å². The SMILES string of the molecule is COC(=O)N[C@H](C(=O)N1C[C@@H]2[C@H]3C[C@@H]([C@@H]2[C@H]1C(=O)N1C[C@@]2(C[C@H]1C#N)Oc1cc(F)ccc1NC2=O)[C@H](F)C3)C(C)(C)C. The highest BCUT2D eigenvalue weighted by Gasteiger charge is 2.65. The molecule has 3 aliphatic heterocycles. The summed E-state index contributed by atoms with van der Waals surface area (Å²) in [5.74, 6) is -3.15. The van der Waals surface area contributed by atoms with Crippen LogP contribution in [0.2, 0.25) is 0 Å². The Kier molecular flexibility index (Phi) is 6.82. The van der Waals surface area contributed by atoms with Crippen molar-refractivity contribution in [1.82, 2.24) is 15.1 Å². The van der Waals surface area contributed by atoms with Crippen LogP contribution < -0.4 is 15.4 Å². The van der Waals surface area contributed by atoms with Crippen LogP contribution >= 0.6 is 0 Å². The van der Waals surface area contributed by atoms with Crippen LogP contribution in [0.5, 0.6) is 5.75 Å². The zero-order valence-electron chi connectivity index (χ0n) is 24.4. The van der Waals surface area contributed by atoms with Gasteiger partial charge in [0.15, 0.2) is 0 Å². The number of alkyl carbamates (subject to hydrolysis) is 1. The van der Waals surface area contributed by atoms with Crippen LogP contribution in [0, 0.1) is 46.2 Å². The minimum Gasteiger partial charge on any atom is -0.473 e. The van der Waals surface area contributed by atoms with Crippen LogP contribution in [0.1, 0.15) is 40.0 Å². The molecule has 2 bridgehead atoms. The molecule has 9 atom stereocenters. The average Bonchev–Trinajstić information content (AvgIpc) is 3.70. The van der Waals surface area contributed by atoms with Gasteiger partial charge in [-0.3, -0.25) is 14.4 Å². The lowest BCUT2D eigenvalue weighted by Gasteiger charge is -2.38. The second-order valence-corrected chi connectivity index (χ2v) is 13.5. The molecule has 5 aliphatic rings. The lowest BCUT2D eigenvalue weighted by molar-refractivity contribution is -0.149. The molecule has 1 spiro atoms. The molecule has 1 aromatic carbocycles. The van der Waals surface area contributed by atoms with Crippen molar-refractivity contribution in [1.29, 1.82) is 5.26 Å². The molecule has 2 saturated heterocycles. The number of halogens is 2. The van der Waals surface area contributed by atoms with Gasteiger partial charge in [0.05, 0.1) is 25.4 Å². The number of nitrogens with zero attached hydrogens (tertiary/aromatic N) is 3. The number of carbonyl (C=O) groups is 4. The number of rotatable bonds is 3. The summed E-state index contributed by atoms with van der Waals surface area (Å²) in [7, 11) is 1.19. The number of likely N-dealkylation sites (tertiary alicyclic amines) is 2. The molecule has 1 aromatic rings. The quantitative estimate of drug-likeness (QED) is 0.544. The summed E-state index contributed by atoms with van der Waals surface area (Å²) >= 11 is 0. The van der Waals surface area contributed by atoms with Crippen molar-refractivity contribution in [3.63, 3.8) is 0 Å². The minimum absolute atomic E-state index is 0.00953. The lowest BCUT2D eigenvalue weighted by atomic mass is 9.77. The molecular weight excluding hydrogens is 564 g/mol. The Morgan fingerprint density at radius 2 is 1.98 bits per heavy atom. The Morgan fingerprint density at radius 3 is 2.65 bits per heavy atom. The van der Waals surface area contributed by atoms with Gasteiger partial charge < -0.3 is 29.9 Å². The third kappa shape index (κ3) is 4.57. The zero-order chi connectivity index (χ0) is 31.0. The predicted octanol–water partition coefficient (Wildman–Crippen LogP) is 2.61. The fraction of sp³-hybridized carbons (Fsp3) is 0.633. The third-order valence-corrected chi connectivity index (χ3v) is 10.0. The number of alkyl halides is 1. The number of nitrogens with one attached hydrogen (secondary N) is 2. The minimum atomic E-state index is -1.65. The normalized spacial score (nSPS) is 34.6. The van der Waals surface area contributed by atoms with E-state index in [1.54, 1.807) is 20.8 Å². The van der Waals surface area contributed by atoms with Gasteiger partial charge in [0.1, 0.15) is 35.9 Å². The number of fused-ring (bicyclic) bond motifs is 6. The smallest absolute Gasteiger partial charge is 0.407 e. The summed E-state index contributed by atoms with van der Waals surface area (Å²) in [6, 6.07) is 2.53. The summed E-state index contributed by atoms with van der Waals surface area (Å²) < 4.78 is 39.9. The maximum absolute atomic E-state index is 15.2. The van der Waals surface area contributed by atoms with E-state index in [0.717, 1.165) is 6.07 Å². The molecule has 11 nitrogen and oxygen atoms in total. The van der Waals surface area contributed by atoms with E-state index >= 15 is 4.39 Å². The van der Waals surface area contributed by atoms with E-state index in [0.29, 0.717) is 12.8 Å². The summed E-state index contributed by atoms with van der Waals surface area (Å²) in [5, 5.41) is 15.4. The van der Waals surface area contributed by atoms with Crippen LogP contribution in [-0.4, -0.2) is 83.7 Å². The Labute approximate surface area is 247 Å². The molecule has 0 radical (unpaired) electrons. The van der Waals surface area contributed by atoms with Crippen molar-refractivity contribution in [2.45, 2.75) is 69.9 Å². The molecule has 43 heavy (non-hydrogen) atoms. The number of hydrogen-bond donors (Lipinski definition) is 2. The molecule has 4 amide bonds. The number of benzene rings is 1. The average molecular weight is 600 g/mol. The number of carbonyl (C=O) groups excluding carboxylic acids is 4. The van der Waals surface area contributed by atoms with Crippen molar-refractivity contribution in [3.8, 4) is 11.8 Å². The molecular formula is C30H35F2N5O6. The van der Waals surface area contributed by atoms with E-state index in [1.165, 1.54) is 29.0 Å². The molecule has 0 aromatic heterocycles. The van der Waals surface area contributed by atoms with Gasteiger partial charge in [0.2, 0.25) is 17.4 Å². The molecule has 2 N–H and O–H groups in total. The molecule has 2 saturated carbocycles. The van der Waals surface area contributed by atoms with Crippen molar-refractivity contribution >= 4 is 29.5 Å². The van der Waals surface area contributed by atoms with E-state index in [-0.39, 0.29) is 42.8 Å². The Bertz CT molecular complexity index is 1430. The first kappa shape index (κ1) is 29.1. The summed E-state index contributed by atoms with van der Waals surface area (Å²) in [6.45, 7) is 5.23.